The second-order valence-electron chi connectivity index (χ2n) is 7.99. The fraction of sp³-hybridized carbons (Fsp3) is 0.148. The van der Waals surface area contributed by atoms with Gasteiger partial charge < -0.3 is 14.8 Å². The number of ether oxygens (including phenoxy) is 2. The molecule has 0 fully saturated rings. The number of anilines is 1. The lowest BCUT2D eigenvalue weighted by Crippen LogP contribution is -2.30. The predicted octanol–water partition coefficient (Wildman–Crippen LogP) is 4.66. The number of carbonyl (C=O) groups excluding carboxylic acids is 1. The minimum Gasteiger partial charge on any atom is -0.494 e. The van der Waals surface area contributed by atoms with E-state index in [1.165, 1.54) is 0 Å². The monoisotopic (exact) mass is 480 g/mol. The number of pyridine rings is 1. The van der Waals surface area contributed by atoms with Gasteiger partial charge in [-0.15, -0.1) is 10.2 Å². The maximum Gasteiger partial charge on any atom is 0.265 e. The number of carbonyl (C=O) groups is 1. The molecule has 36 heavy (non-hydrogen) atoms. The van der Waals surface area contributed by atoms with Crippen molar-refractivity contribution in [3.05, 3.63) is 85.2 Å². The van der Waals surface area contributed by atoms with Crippen LogP contribution in [0.25, 0.3) is 28.3 Å². The Labute approximate surface area is 207 Å². The SMILES string of the molecule is CCOc1ccc(OC(C)C(=O)Nc2cccc(-c3ccc4nnc(-c5cccnc5)n4n3)c2)cc1. The van der Waals surface area contributed by atoms with E-state index in [4.69, 9.17) is 14.6 Å². The van der Waals surface area contributed by atoms with Crippen molar-refractivity contribution in [2.24, 2.45) is 0 Å². The molecule has 0 aliphatic carbocycles. The van der Waals surface area contributed by atoms with Crippen LogP contribution in [-0.4, -0.2) is 43.4 Å². The Bertz CT molecular complexity index is 1480. The van der Waals surface area contributed by atoms with Crippen LogP contribution in [0.4, 0.5) is 5.69 Å². The molecule has 1 N–H and O–H groups in total. The first-order valence-corrected chi connectivity index (χ1v) is 11.5. The molecule has 1 unspecified atom stereocenters. The van der Waals surface area contributed by atoms with Crippen molar-refractivity contribution in [2.75, 3.05) is 11.9 Å². The molecule has 3 aromatic heterocycles. The normalized spacial score (nSPS) is 11.7. The van der Waals surface area contributed by atoms with Gasteiger partial charge in [0.05, 0.1) is 12.3 Å². The highest BCUT2D eigenvalue weighted by atomic mass is 16.5. The largest absolute Gasteiger partial charge is 0.494 e. The van der Waals surface area contributed by atoms with Crippen LogP contribution in [0.15, 0.2) is 85.2 Å². The molecule has 3 heterocycles. The third-order valence-electron chi connectivity index (χ3n) is 5.43. The smallest absolute Gasteiger partial charge is 0.265 e. The summed E-state index contributed by atoms with van der Waals surface area (Å²) in [5.74, 6) is 1.68. The van der Waals surface area contributed by atoms with E-state index in [1.54, 1.807) is 36.0 Å². The molecule has 9 heteroatoms. The standard InChI is InChI=1S/C27H24N6O3/c1-3-35-22-9-11-23(12-10-22)36-18(2)27(34)29-21-8-4-6-19(16-21)24-13-14-25-30-31-26(33(25)32-24)20-7-5-15-28-17-20/h4-18H,3H2,1-2H3,(H,29,34). The minimum absolute atomic E-state index is 0.262. The van der Waals surface area contributed by atoms with E-state index in [9.17, 15) is 4.79 Å². The van der Waals surface area contributed by atoms with Gasteiger partial charge in [-0.3, -0.25) is 9.78 Å². The van der Waals surface area contributed by atoms with Gasteiger partial charge in [-0.1, -0.05) is 12.1 Å². The van der Waals surface area contributed by atoms with E-state index in [1.807, 2.05) is 67.6 Å². The lowest BCUT2D eigenvalue weighted by molar-refractivity contribution is -0.122. The molecule has 0 radical (unpaired) electrons. The van der Waals surface area contributed by atoms with Gasteiger partial charge in [-0.25, -0.2) is 0 Å². The van der Waals surface area contributed by atoms with Crippen molar-refractivity contribution < 1.29 is 14.3 Å². The van der Waals surface area contributed by atoms with Crippen molar-refractivity contribution in [3.8, 4) is 34.1 Å². The lowest BCUT2D eigenvalue weighted by Gasteiger charge is -2.15. The first kappa shape index (κ1) is 23.0. The third-order valence-corrected chi connectivity index (χ3v) is 5.43. The van der Waals surface area contributed by atoms with E-state index < -0.39 is 6.10 Å². The van der Waals surface area contributed by atoms with Gasteiger partial charge in [-0.05, 0) is 74.5 Å². The van der Waals surface area contributed by atoms with Crippen molar-refractivity contribution in [3.63, 3.8) is 0 Å². The summed E-state index contributed by atoms with van der Waals surface area (Å²) < 4.78 is 12.9. The summed E-state index contributed by atoms with van der Waals surface area (Å²) in [7, 11) is 0. The third kappa shape index (κ3) is 5.00. The molecule has 2 aromatic carbocycles. The van der Waals surface area contributed by atoms with Crippen LogP contribution in [0.1, 0.15) is 13.8 Å². The zero-order chi connectivity index (χ0) is 24.9. The number of fused-ring (bicyclic) bond motifs is 1. The quantitative estimate of drug-likeness (QED) is 0.345. The van der Waals surface area contributed by atoms with Crippen LogP contribution in [0.2, 0.25) is 0 Å². The Balaban J connectivity index is 1.32. The second-order valence-corrected chi connectivity index (χ2v) is 7.99. The second kappa shape index (κ2) is 10.2. The fourth-order valence-electron chi connectivity index (χ4n) is 3.66. The Morgan fingerprint density at radius 3 is 2.56 bits per heavy atom. The first-order valence-electron chi connectivity index (χ1n) is 11.5. The Kier molecular flexibility index (Phi) is 6.53. The summed E-state index contributed by atoms with van der Waals surface area (Å²) in [6.07, 6.45) is 2.73. The molecule has 5 rings (SSSR count). The number of aromatic nitrogens is 5. The molecule has 0 spiro atoms. The van der Waals surface area contributed by atoms with E-state index >= 15 is 0 Å². The summed E-state index contributed by atoms with van der Waals surface area (Å²) >= 11 is 0. The first-order chi connectivity index (χ1) is 17.6. The van der Waals surface area contributed by atoms with E-state index in [-0.39, 0.29) is 5.91 Å². The number of nitrogens with one attached hydrogen (secondary N) is 1. The van der Waals surface area contributed by atoms with Crippen molar-refractivity contribution in [1.82, 2.24) is 24.8 Å². The molecule has 0 saturated heterocycles. The highest BCUT2D eigenvalue weighted by Crippen LogP contribution is 2.24. The Morgan fingerprint density at radius 1 is 0.972 bits per heavy atom. The molecule has 0 bridgehead atoms. The van der Waals surface area contributed by atoms with Crippen LogP contribution in [-0.2, 0) is 4.79 Å². The summed E-state index contributed by atoms with van der Waals surface area (Å²) in [4.78, 5) is 16.9. The van der Waals surface area contributed by atoms with Gasteiger partial charge in [0, 0.05) is 29.2 Å². The lowest BCUT2D eigenvalue weighted by atomic mass is 10.1. The summed E-state index contributed by atoms with van der Waals surface area (Å²) in [6.45, 7) is 4.22. The average Bonchev–Trinajstić information content (AvgIpc) is 3.34. The van der Waals surface area contributed by atoms with E-state index in [2.05, 4.69) is 20.5 Å². The number of benzene rings is 2. The van der Waals surface area contributed by atoms with Gasteiger partial charge in [0.1, 0.15) is 11.5 Å². The number of hydrogen-bond acceptors (Lipinski definition) is 7. The van der Waals surface area contributed by atoms with Gasteiger partial charge >= 0.3 is 0 Å². The van der Waals surface area contributed by atoms with E-state index in [0.29, 0.717) is 35.2 Å². The summed E-state index contributed by atoms with van der Waals surface area (Å²) in [5, 5.41) is 16.1. The molecule has 1 atom stereocenters. The van der Waals surface area contributed by atoms with Gasteiger partial charge in [0.25, 0.3) is 5.91 Å². The van der Waals surface area contributed by atoms with Gasteiger partial charge in [0.15, 0.2) is 17.6 Å². The maximum atomic E-state index is 12.8. The zero-order valence-corrected chi connectivity index (χ0v) is 19.8. The highest BCUT2D eigenvalue weighted by molar-refractivity contribution is 5.94. The molecule has 0 aliphatic heterocycles. The molecular formula is C27H24N6O3. The number of amides is 1. The topological polar surface area (TPSA) is 104 Å². The summed E-state index contributed by atoms with van der Waals surface area (Å²) in [6, 6.07) is 22.1. The van der Waals surface area contributed by atoms with Crippen LogP contribution >= 0.6 is 0 Å². The number of hydrogen-bond donors (Lipinski definition) is 1. The molecule has 1 amide bonds. The minimum atomic E-state index is -0.694. The van der Waals surface area contributed by atoms with Crippen LogP contribution in [0.3, 0.4) is 0 Å². The number of nitrogens with zero attached hydrogens (tertiary/aromatic N) is 5. The molecular weight excluding hydrogens is 456 g/mol. The Hall–Kier alpha value is -4.79. The maximum absolute atomic E-state index is 12.8. The Morgan fingerprint density at radius 2 is 1.78 bits per heavy atom. The van der Waals surface area contributed by atoms with E-state index in [0.717, 1.165) is 16.9 Å². The van der Waals surface area contributed by atoms with Crippen molar-refractivity contribution in [2.45, 2.75) is 20.0 Å². The summed E-state index contributed by atoms with van der Waals surface area (Å²) in [5.41, 5.74) is 3.63. The highest BCUT2D eigenvalue weighted by Gasteiger charge is 2.16. The van der Waals surface area contributed by atoms with Crippen molar-refractivity contribution in [1.29, 1.82) is 0 Å². The molecule has 5 aromatic rings. The molecule has 9 nitrogen and oxygen atoms in total. The van der Waals surface area contributed by atoms with Gasteiger partial charge in [-0.2, -0.15) is 9.61 Å². The molecule has 180 valence electrons. The average molecular weight is 481 g/mol. The zero-order valence-electron chi connectivity index (χ0n) is 19.8. The molecule has 0 aliphatic rings. The molecule has 0 saturated carbocycles. The van der Waals surface area contributed by atoms with Crippen molar-refractivity contribution >= 4 is 17.2 Å². The van der Waals surface area contributed by atoms with Crippen LogP contribution in [0, 0.1) is 0 Å². The number of rotatable bonds is 8. The van der Waals surface area contributed by atoms with Gasteiger partial charge in [0.2, 0.25) is 0 Å². The van der Waals surface area contributed by atoms with Crippen LogP contribution in [0.5, 0.6) is 11.5 Å². The van der Waals surface area contributed by atoms with Crippen LogP contribution < -0.4 is 14.8 Å². The fourth-order valence-corrected chi connectivity index (χ4v) is 3.66. The predicted molar refractivity (Wildman–Crippen MR) is 136 cm³/mol.